The number of nitrogens with zero attached hydrogens (tertiary/aromatic N) is 2. The molecule has 0 radical (unpaired) electrons. The van der Waals surface area contributed by atoms with E-state index in [0.717, 1.165) is 11.1 Å². The number of ether oxygens (including phenoxy) is 2. The van der Waals surface area contributed by atoms with Gasteiger partial charge in [0.25, 0.3) is 5.91 Å². The van der Waals surface area contributed by atoms with Gasteiger partial charge in [-0.05, 0) is 35.4 Å². The van der Waals surface area contributed by atoms with Gasteiger partial charge in [-0.2, -0.15) is 0 Å². The van der Waals surface area contributed by atoms with Crippen molar-refractivity contribution in [3.05, 3.63) is 78.9 Å². The number of rotatable bonds is 4. The van der Waals surface area contributed by atoms with E-state index in [9.17, 15) is 9.59 Å². The fourth-order valence-corrected chi connectivity index (χ4v) is 4.36. The van der Waals surface area contributed by atoms with Crippen LogP contribution >= 0.6 is 0 Å². The van der Waals surface area contributed by atoms with E-state index in [4.69, 9.17) is 9.47 Å². The van der Waals surface area contributed by atoms with E-state index in [0.29, 0.717) is 43.4 Å². The van der Waals surface area contributed by atoms with Crippen molar-refractivity contribution in [3.8, 4) is 22.6 Å². The van der Waals surface area contributed by atoms with E-state index in [2.05, 4.69) is 10.2 Å². The normalized spacial score (nSPS) is 18.3. The van der Waals surface area contributed by atoms with Crippen molar-refractivity contribution >= 4 is 17.5 Å². The summed E-state index contributed by atoms with van der Waals surface area (Å²) in [5.74, 6) is 1.14. The van der Waals surface area contributed by atoms with Gasteiger partial charge < -0.3 is 19.7 Å². The number of benzene rings is 3. The monoisotopic (exact) mass is 457 g/mol. The molecule has 34 heavy (non-hydrogen) atoms. The lowest BCUT2D eigenvalue weighted by Gasteiger charge is -2.40. The van der Waals surface area contributed by atoms with Crippen LogP contribution in [0.25, 0.3) is 11.1 Å². The third-order valence-corrected chi connectivity index (χ3v) is 6.20. The Morgan fingerprint density at radius 3 is 2.53 bits per heavy atom. The molecule has 2 aliphatic rings. The van der Waals surface area contributed by atoms with Gasteiger partial charge in [-0.1, -0.05) is 54.6 Å². The average Bonchev–Trinajstić information content (AvgIpc) is 2.94. The molecule has 7 nitrogen and oxygen atoms in total. The SMILES string of the molecule is O=C1CN2CCN(C(=O)COc3ccccc3)C[C@H]2COc2ccc(-c3ccccc3)cc2N1. The smallest absolute Gasteiger partial charge is 0.260 e. The molecular weight excluding hydrogens is 430 g/mol. The molecule has 1 saturated heterocycles. The number of hydrogen-bond donors (Lipinski definition) is 1. The summed E-state index contributed by atoms with van der Waals surface area (Å²) in [6, 6.07) is 25.1. The molecule has 2 heterocycles. The standard InChI is InChI=1S/C27H27N3O4/c31-26-17-29-13-14-30(27(32)19-33-23-9-5-2-6-10-23)16-22(29)18-34-25-12-11-21(15-24(25)28-26)20-7-3-1-4-8-20/h1-12,15,22H,13-14,16-19H2,(H,28,31)/t22-/m0/s1. The van der Waals surface area contributed by atoms with Crippen molar-refractivity contribution in [2.24, 2.45) is 0 Å². The first-order valence-electron chi connectivity index (χ1n) is 11.5. The Morgan fingerprint density at radius 1 is 0.971 bits per heavy atom. The Labute approximate surface area is 198 Å². The summed E-state index contributed by atoms with van der Waals surface area (Å²) in [7, 11) is 0. The van der Waals surface area contributed by atoms with E-state index in [1.165, 1.54) is 0 Å². The van der Waals surface area contributed by atoms with Crippen LogP contribution in [-0.4, -0.2) is 67.0 Å². The second-order valence-corrected chi connectivity index (χ2v) is 8.50. The predicted molar refractivity (Wildman–Crippen MR) is 130 cm³/mol. The highest BCUT2D eigenvalue weighted by atomic mass is 16.5. The summed E-state index contributed by atoms with van der Waals surface area (Å²) in [6.45, 7) is 2.27. The van der Waals surface area contributed by atoms with Gasteiger partial charge in [-0.15, -0.1) is 0 Å². The average molecular weight is 458 g/mol. The van der Waals surface area contributed by atoms with Crippen LogP contribution in [0.1, 0.15) is 0 Å². The fraction of sp³-hybridized carbons (Fsp3) is 0.259. The van der Waals surface area contributed by atoms with E-state index >= 15 is 0 Å². The van der Waals surface area contributed by atoms with Crippen LogP contribution < -0.4 is 14.8 Å². The first kappa shape index (κ1) is 22.0. The molecule has 0 spiro atoms. The molecule has 7 heteroatoms. The Kier molecular flexibility index (Phi) is 6.44. The number of hydrogen-bond acceptors (Lipinski definition) is 5. The minimum absolute atomic E-state index is 0.0107. The molecule has 3 aromatic rings. The zero-order valence-electron chi connectivity index (χ0n) is 18.9. The highest BCUT2D eigenvalue weighted by molar-refractivity contribution is 5.94. The predicted octanol–water partition coefficient (Wildman–Crippen LogP) is 3.28. The van der Waals surface area contributed by atoms with Gasteiger partial charge in [0.05, 0.1) is 18.3 Å². The van der Waals surface area contributed by atoms with Gasteiger partial charge >= 0.3 is 0 Å². The maximum Gasteiger partial charge on any atom is 0.260 e. The number of fused-ring (bicyclic) bond motifs is 2. The Hall–Kier alpha value is -3.84. The highest BCUT2D eigenvalue weighted by Gasteiger charge is 2.32. The summed E-state index contributed by atoms with van der Waals surface area (Å²) in [6.07, 6.45) is 0. The van der Waals surface area contributed by atoms with Crippen molar-refractivity contribution in [2.45, 2.75) is 6.04 Å². The van der Waals surface area contributed by atoms with Crippen LogP contribution in [0.15, 0.2) is 78.9 Å². The maximum absolute atomic E-state index is 12.8. The van der Waals surface area contributed by atoms with Crippen molar-refractivity contribution in [2.75, 3.05) is 44.7 Å². The van der Waals surface area contributed by atoms with Gasteiger partial charge in [-0.3, -0.25) is 14.5 Å². The molecule has 3 aromatic carbocycles. The van der Waals surface area contributed by atoms with Gasteiger partial charge in [0.1, 0.15) is 18.1 Å². The molecule has 2 aliphatic heterocycles. The van der Waals surface area contributed by atoms with Crippen molar-refractivity contribution in [3.63, 3.8) is 0 Å². The van der Waals surface area contributed by atoms with E-state index in [-0.39, 0.29) is 31.0 Å². The second-order valence-electron chi connectivity index (χ2n) is 8.50. The minimum atomic E-state index is -0.0888. The van der Waals surface area contributed by atoms with E-state index < -0.39 is 0 Å². The molecule has 1 fully saturated rings. The van der Waals surface area contributed by atoms with Crippen molar-refractivity contribution in [1.82, 2.24) is 9.80 Å². The van der Waals surface area contributed by atoms with Gasteiger partial charge in [0.2, 0.25) is 5.91 Å². The largest absolute Gasteiger partial charge is 0.490 e. The molecule has 0 aliphatic carbocycles. The lowest BCUT2D eigenvalue weighted by molar-refractivity contribution is -0.137. The summed E-state index contributed by atoms with van der Waals surface area (Å²) in [5, 5.41) is 3.01. The summed E-state index contributed by atoms with van der Waals surface area (Å²) >= 11 is 0. The lowest BCUT2D eigenvalue weighted by atomic mass is 10.0. The van der Waals surface area contributed by atoms with Crippen LogP contribution in [0, 0.1) is 0 Å². The van der Waals surface area contributed by atoms with Gasteiger partial charge in [0, 0.05) is 19.6 Å². The number of carbonyl (C=O) groups excluding carboxylic acids is 2. The molecule has 0 aromatic heterocycles. The Morgan fingerprint density at radius 2 is 1.74 bits per heavy atom. The van der Waals surface area contributed by atoms with E-state index in [1.54, 1.807) is 4.90 Å². The van der Waals surface area contributed by atoms with Crippen LogP contribution in [-0.2, 0) is 9.59 Å². The zero-order valence-corrected chi connectivity index (χ0v) is 18.9. The summed E-state index contributed by atoms with van der Waals surface area (Å²) < 4.78 is 11.8. The number of anilines is 1. The Bertz CT molecular complexity index is 1150. The van der Waals surface area contributed by atoms with Crippen molar-refractivity contribution < 1.29 is 19.1 Å². The number of piperazine rings is 1. The molecule has 1 N–H and O–H groups in total. The maximum atomic E-state index is 12.8. The van der Waals surface area contributed by atoms with Gasteiger partial charge in [0.15, 0.2) is 6.61 Å². The number of para-hydroxylation sites is 1. The fourth-order valence-electron chi connectivity index (χ4n) is 4.36. The van der Waals surface area contributed by atoms with Crippen LogP contribution in [0.2, 0.25) is 0 Å². The number of nitrogens with one attached hydrogen (secondary N) is 1. The highest BCUT2D eigenvalue weighted by Crippen LogP contribution is 2.32. The molecular formula is C27H27N3O4. The van der Waals surface area contributed by atoms with Crippen molar-refractivity contribution in [1.29, 1.82) is 0 Å². The van der Waals surface area contributed by atoms with Crippen LogP contribution in [0.4, 0.5) is 5.69 Å². The third kappa shape index (κ3) is 5.05. The topological polar surface area (TPSA) is 71.1 Å². The molecule has 5 rings (SSSR count). The zero-order chi connectivity index (χ0) is 23.3. The quantitative estimate of drug-likeness (QED) is 0.651. The van der Waals surface area contributed by atoms with E-state index in [1.807, 2.05) is 78.9 Å². The molecule has 1 atom stereocenters. The first-order valence-corrected chi connectivity index (χ1v) is 11.5. The first-order chi connectivity index (χ1) is 16.7. The molecule has 0 saturated carbocycles. The van der Waals surface area contributed by atoms with Crippen LogP contribution in [0.5, 0.6) is 11.5 Å². The molecule has 2 amide bonds. The number of carbonyl (C=O) groups is 2. The molecule has 0 unspecified atom stereocenters. The minimum Gasteiger partial charge on any atom is -0.490 e. The second kappa shape index (κ2) is 9.97. The summed E-state index contributed by atoms with van der Waals surface area (Å²) in [4.78, 5) is 29.5. The number of amides is 2. The molecule has 0 bridgehead atoms. The third-order valence-electron chi connectivity index (χ3n) is 6.20. The van der Waals surface area contributed by atoms with Crippen LogP contribution in [0.3, 0.4) is 0 Å². The lowest BCUT2D eigenvalue weighted by Crippen LogP contribution is -2.58. The molecule has 174 valence electrons. The Balaban J connectivity index is 1.27. The summed E-state index contributed by atoms with van der Waals surface area (Å²) in [5.41, 5.74) is 2.74. The van der Waals surface area contributed by atoms with Gasteiger partial charge in [-0.25, -0.2) is 0 Å².